The maximum Gasteiger partial charge on any atom is 0.209 e. The van der Waals surface area contributed by atoms with E-state index >= 15 is 0 Å². The van der Waals surface area contributed by atoms with Crippen LogP contribution in [0.15, 0.2) is 24.3 Å². The Morgan fingerprint density at radius 3 is 2.14 bits per heavy atom. The number of rotatable bonds is 8. The highest BCUT2D eigenvalue weighted by Gasteiger charge is 2.33. The summed E-state index contributed by atoms with van der Waals surface area (Å²) in [6.07, 6.45) is 0. The summed E-state index contributed by atoms with van der Waals surface area (Å²) in [6.45, 7) is 7.98. The third kappa shape index (κ3) is 6.21. The number of halogens is 3. The van der Waals surface area contributed by atoms with Gasteiger partial charge >= 0.3 is 0 Å². The normalized spacial score (nSPS) is 13.5. The molecule has 0 aliphatic heterocycles. The molecule has 1 N–H and O–H groups in total. The zero-order valence-corrected chi connectivity index (χ0v) is 15.0. The lowest BCUT2D eigenvalue weighted by Gasteiger charge is -2.27. The van der Waals surface area contributed by atoms with Gasteiger partial charge in [-0.2, -0.15) is 0 Å². The molecule has 0 bridgehead atoms. The van der Waals surface area contributed by atoms with E-state index in [1.165, 1.54) is 0 Å². The van der Waals surface area contributed by atoms with E-state index in [0.29, 0.717) is 0 Å². The molecular formula is C15H23Cl3N2O. The summed E-state index contributed by atoms with van der Waals surface area (Å²) >= 11 is 18.3. The topological polar surface area (TPSA) is 24.5 Å². The second-order valence-electron chi connectivity index (χ2n) is 4.73. The summed E-state index contributed by atoms with van der Waals surface area (Å²) in [4.78, 5) is 2.32. The van der Waals surface area contributed by atoms with Gasteiger partial charge in [-0.05, 0) is 30.8 Å². The molecule has 0 saturated carbocycles. The van der Waals surface area contributed by atoms with Gasteiger partial charge in [0, 0.05) is 13.1 Å². The van der Waals surface area contributed by atoms with Gasteiger partial charge < -0.3 is 15.0 Å². The van der Waals surface area contributed by atoms with E-state index in [1.54, 1.807) is 7.11 Å². The van der Waals surface area contributed by atoms with Crippen LogP contribution in [0.5, 0.6) is 5.75 Å². The molecule has 0 saturated heterocycles. The summed E-state index contributed by atoms with van der Waals surface area (Å²) in [7, 11) is 1.63. The zero-order valence-electron chi connectivity index (χ0n) is 12.7. The fraction of sp³-hybridized carbons (Fsp3) is 0.600. The predicted octanol–water partition coefficient (Wildman–Crippen LogP) is 4.04. The lowest BCUT2D eigenvalue weighted by atomic mass is 10.1. The molecule has 0 amide bonds. The van der Waals surface area contributed by atoms with Gasteiger partial charge in [0.2, 0.25) is 3.79 Å². The molecular weight excluding hydrogens is 331 g/mol. The highest BCUT2D eigenvalue weighted by molar-refractivity contribution is 6.68. The molecule has 0 radical (unpaired) electrons. The number of benzene rings is 1. The average molecular weight is 354 g/mol. The molecule has 120 valence electrons. The Balaban J connectivity index is 2.72. The summed E-state index contributed by atoms with van der Waals surface area (Å²) in [5.41, 5.74) is 0.926. The highest BCUT2D eigenvalue weighted by atomic mass is 35.6. The number of hydrogen-bond donors (Lipinski definition) is 1. The lowest BCUT2D eigenvalue weighted by Crippen LogP contribution is -2.38. The van der Waals surface area contributed by atoms with Crippen LogP contribution in [0.3, 0.4) is 0 Å². The standard InChI is InChI=1S/C15H23Cl3N2O/c1-4-20(5-2)11-10-19-14(15(16,17)18)12-6-8-13(21-3)9-7-12/h6-9,14,19H,4-5,10-11H2,1-3H3. The number of ether oxygens (including phenoxy) is 1. The van der Waals surface area contributed by atoms with E-state index in [1.807, 2.05) is 24.3 Å². The minimum atomic E-state index is -1.40. The molecule has 0 spiro atoms. The molecule has 3 nitrogen and oxygen atoms in total. The van der Waals surface area contributed by atoms with Crippen LogP contribution >= 0.6 is 34.8 Å². The van der Waals surface area contributed by atoms with Crippen LogP contribution in [-0.4, -0.2) is 42.0 Å². The molecule has 1 aromatic carbocycles. The van der Waals surface area contributed by atoms with Crippen molar-refractivity contribution in [3.8, 4) is 5.75 Å². The van der Waals surface area contributed by atoms with Crippen molar-refractivity contribution in [2.75, 3.05) is 33.3 Å². The van der Waals surface area contributed by atoms with Crippen LogP contribution in [0.25, 0.3) is 0 Å². The van der Waals surface area contributed by atoms with Gasteiger partial charge in [-0.25, -0.2) is 0 Å². The number of nitrogens with one attached hydrogen (secondary N) is 1. The molecule has 1 atom stereocenters. The van der Waals surface area contributed by atoms with E-state index < -0.39 is 3.79 Å². The smallest absolute Gasteiger partial charge is 0.209 e. The van der Waals surface area contributed by atoms with Gasteiger partial charge in [0.25, 0.3) is 0 Å². The third-order valence-electron chi connectivity index (χ3n) is 3.45. The molecule has 21 heavy (non-hydrogen) atoms. The summed E-state index contributed by atoms with van der Waals surface area (Å²) < 4.78 is 3.75. The lowest BCUT2D eigenvalue weighted by molar-refractivity contribution is 0.296. The average Bonchev–Trinajstić information content (AvgIpc) is 2.46. The van der Waals surface area contributed by atoms with Crippen LogP contribution < -0.4 is 10.1 Å². The zero-order chi connectivity index (χ0) is 15.9. The Hall–Kier alpha value is -0.190. The molecule has 1 unspecified atom stereocenters. The maximum atomic E-state index is 6.11. The van der Waals surface area contributed by atoms with E-state index in [-0.39, 0.29) is 6.04 Å². The summed E-state index contributed by atoms with van der Waals surface area (Å²) in [5.74, 6) is 0.782. The molecule has 0 fully saturated rings. The first-order valence-electron chi connectivity index (χ1n) is 7.08. The Labute approximate surface area is 142 Å². The monoisotopic (exact) mass is 352 g/mol. The largest absolute Gasteiger partial charge is 0.497 e. The van der Waals surface area contributed by atoms with Crippen LogP contribution in [0.4, 0.5) is 0 Å². The van der Waals surface area contributed by atoms with Crippen molar-refractivity contribution in [2.24, 2.45) is 0 Å². The van der Waals surface area contributed by atoms with Crippen molar-refractivity contribution in [1.82, 2.24) is 10.2 Å². The minimum Gasteiger partial charge on any atom is -0.497 e. The van der Waals surface area contributed by atoms with Crippen molar-refractivity contribution in [2.45, 2.75) is 23.7 Å². The second-order valence-corrected chi connectivity index (χ2v) is 7.10. The summed E-state index contributed by atoms with van der Waals surface area (Å²) in [5, 5.41) is 3.33. The van der Waals surface area contributed by atoms with E-state index in [9.17, 15) is 0 Å². The molecule has 0 aromatic heterocycles. The molecule has 0 aliphatic carbocycles. The molecule has 1 aromatic rings. The first-order chi connectivity index (χ1) is 9.92. The van der Waals surface area contributed by atoms with Crippen molar-refractivity contribution in [3.63, 3.8) is 0 Å². The first-order valence-corrected chi connectivity index (χ1v) is 8.22. The summed E-state index contributed by atoms with van der Waals surface area (Å²) in [6, 6.07) is 7.20. The van der Waals surface area contributed by atoms with Crippen molar-refractivity contribution in [1.29, 1.82) is 0 Å². The number of alkyl halides is 3. The fourth-order valence-electron chi connectivity index (χ4n) is 2.13. The van der Waals surface area contributed by atoms with Gasteiger partial charge in [0.1, 0.15) is 5.75 Å². The van der Waals surface area contributed by atoms with Gasteiger partial charge in [0.15, 0.2) is 0 Å². The van der Waals surface area contributed by atoms with Crippen LogP contribution in [-0.2, 0) is 0 Å². The number of likely N-dealkylation sites (N-methyl/N-ethyl adjacent to an activating group) is 1. The number of methoxy groups -OCH3 is 1. The second kappa shape index (κ2) is 9.06. The highest BCUT2D eigenvalue weighted by Crippen LogP contribution is 2.40. The van der Waals surface area contributed by atoms with E-state index in [4.69, 9.17) is 39.5 Å². The predicted molar refractivity (Wildman–Crippen MR) is 91.8 cm³/mol. The molecule has 0 aliphatic rings. The van der Waals surface area contributed by atoms with Crippen LogP contribution in [0, 0.1) is 0 Å². The molecule has 1 rings (SSSR count). The Kier molecular flexibility index (Phi) is 8.14. The Morgan fingerprint density at radius 1 is 1.14 bits per heavy atom. The quantitative estimate of drug-likeness (QED) is 0.714. The van der Waals surface area contributed by atoms with Gasteiger partial charge in [-0.1, -0.05) is 60.8 Å². The fourth-order valence-corrected chi connectivity index (χ4v) is 2.74. The van der Waals surface area contributed by atoms with Crippen molar-refractivity contribution < 1.29 is 4.74 Å². The SMILES string of the molecule is CCN(CC)CCNC(c1ccc(OC)cc1)C(Cl)(Cl)Cl. The maximum absolute atomic E-state index is 6.11. The van der Waals surface area contributed by atoms with Gasteiger partial charge in [-0.15, -0.1) is 0 Å². The molecule has 0 heterocycles. The van der Waals surface area contributed by atoms with Crippen molar-refractivity contribution >= 4 is 34.8 Å². The minimum absolute atomic E-state index is 0.357. The van der Waals surface area contributed by atoms with Gasteiger partial charge in [0.05, 0.1) is 13.2 Å². The van der Waals surface area contributed by atoms with Crippen molar-refractivity contribution in [3.05, 3.63) is 29.8 Å². The van der Waals surface area contributed by atoms with E-state index in [0.717, 1.165) is 37.5 Å². The van der Waals surface area contributed by atoms with E-state index in [2.05, 4.69) is 24.1 Å². The van der Waals surface area contributed by atoms with Crippen LogP contribution in [0.2, 0.25) is 0 Å². The number of hydrogen-bond acceptors (Lipinski definition) is 3. The van der Waals surface area contributed by atoms with Crippen LogP contribution in [0.1, 0.15) is 25.5 Å². The first kappa shape index (κ1) is 18.9. The Bertz CT molecular complexity index is 402. The third-order valence-corrected chi connectivity index (χ3v) is 4.10. The molecule has 6 heteroatoms. The number of nitrogens with zero attached hydrogens (tertiary/aromatic N) is 1. The van der Waals surface area contributed by atoms with Gasteiger partial charge in [-0.3, -0.25) is 0 Å². The Morgan fingerprint density at radius 2 is 1.71 bits per heavy atom.